The summed E-state index contributed by atoms with van der Waals surface area (Å²) >= 11 is 0. The molecule has 0 aliphatic carbocycles. The summed E-state index contributed by atoms with van der Waals surface area (Å²) in [6.07, 6.45) is 8.56. The summed E-state index contributed by atoms with van der Waals surface area (Å²) in [7, 11) is -0.766. The summed E-state index contributed by atoms with van der Waals surface area (Å²) in [6, 6.07) is 13.0. The highest BCUT2D eigenvalue weighted by Crippen LogP contribution is 2.31. The lowest BCUT2D eigenvalue weighted by molar-refractivity contribution is 0.184. The molecule has 4 nitrogen and oxygen atoms in total. The number of rotatable bonds is 7. The number of aromatic hydroxyl groups is 1. The number of hydrogen-bond donors (Lipinski definition) is 2. The Morgan fingerprint density at radius 3 is 2.75 bits per heavy atom. The molecule has 1 aromatic carbocycles. The Morgan fingerprint density at radius 1 is 1.29 bits per heavy atom. The lowest BCUT2D eigenvalue weighted by Crippen LogP contribution is -2.31. The molecule has 0 spiro atoms. The fourth-order valence-electron chi connectivity index (χ4n) is 3.36. The van der Waals surface area contributed by atoms with Gasteiger partial charge in [0.05, 0.1) is 11.8 Å². The van der Waals surface area contributed by atoms with Gasteiger partial charge in [-0.25, -0.2) is 0 Å². The maximum atomic E-state index is 9.95. The van der Waals surface area contributed by atoms with Gasteiger partial charge in [0.15, 0.2) is 0 Å². The summed E-state index contributed by atoms with van der Waals surface area (Å²) in [5, 5.41) is 19.5. The van der Waals surface area contributed by atoms with Crippen LogP contribution in [0.4, 0.5) is 0 Å². The molecule has 0 amide bonds. The van der Waals surface area contributed by atoms with Gasteiger partial charge in [0.1, 0.15) is 5.75 Å². The minimum Gasteiger partial charge on any atom is -0.508 e. The van der Waals surface area contributed by atoms with E-state index in [1.807, 2.05) is 30.3 Å². The largest absolute Gasteiger partial charge is 0.508 e. The van der Waals surface area contributed by atoms with Gasteiger partial charge in [0.25, 0.3) is 0 Å². The van der Waals surface area contributed by atoms with E-state index < -0.39 is 7.12 Å². The Balaban J connectivity index is 1.83. The molecule has 1 aliphatic heterocycles. The number of allylic oxidation sites excluding steroid dienone is 2. The maximum Gasteiger partial charge on any atom is 0.458 e. The molecule has 1 unspecified atom stereocenters. The summed E-state index contributed by atoms with van der Waals surface area (Å²) in [5.74, 6) is 0.244. The smallest absolute Gasteiger partial charge is 0.458 e. The molecule has 0 bridgehead atoms. The van der Waals surface area contributed by atoms with Crippen LogP contribution in [0, 0.1) is 0 Å². The van der Waals surface area contributed by atoms with E-state index in [0.29, 0.717) is 6.32 Å². The first kappa shape index (κ1) is 20.1. The van der Waals surface area contributed by atoms with E-state index in [9.17, 15) is 10.1 Å². The average Bonchev–Trinajstić information content (AvgIpc) is 2.72. The topological polar surface area (TPSA) is 62.6 Å². The molecule has 1 aromatic heterocycles. The summed E-state index contributed by atoms with van der Waals surface area (Å²) < 4.78 is 5.82. The Morgan fingerprint density at radius 2 is 2.07 bits per heavy atom. The van der Waals surface area contributed by atoms with E-state index in [0.717, 1.165) is 47.2 Å². The molecule has 2 heterocycles. The van der Waals surface area contributed by atoms with Crippen LogP contribution in [0.3, 0.4) is 0 Å². The predicted molar refractivity (Wildman–Crippen MR) is 115 cm³/mol. The van der Waals surface area contributed by atoms with Crippen molar-refractivity contribution < 1.29 is 14.8 Å². The van der Waals surface area contributed by atoms with E-state index >= 15 is 0 Å². The van der Waals surface area contributed by atoms with Gasteiger partial charge in [-0.3, -0.25) is 4.98 Å². The second-order valence-electron chi connectivity index (χ2n) is 6.95. The van der Waals surface area contributed by atoms with Gasteiger partial charge in [-0.1, -0.05) is 43.4 Å². The van der Waals surface area contributed by atoms with Crippen molar-refractivity contribution in [3.8, 4) is 5.75 Å². The van der Waals surface area contributed by atoms with Crippen molar-refractivity contribution in [3.05, 3.63) is 83.7 Å². The molecule has 144 valence electrons. The van der Waals surface area contributed by atoms with E-state index in [1.54, 1.807) is 18.3 Å². The number of phenols is 1. The summed E-state index contributed by atoms with van der Waals surface area (Å²) in [5.41, 5.74) is 5.14. The fraction of sp³-hybridized carbons (Fsp3) is 0.261. The number of hydrogen-bond acceptors (Lipinski definition) is 4. The minimum atomic E-state index is -0.766. The Bertz CT molecular complexity index is 859. The van der Waals surface area contributed by atoms with Crippen molar-refractivity contribution in [1.82, 2.24) is 4.98 Å². The minimum absolute atomic E-state index is 0.178. The van der Waals surface area contributed by atoms with Crippen molar-refractivity contribution >= 4 is 18.8 Å². The van der Waals surface area contributed by atoms with Crippen LogP contribution >= 0.6 is 0 Å². The third-order valence-electron chi connectivity index (χ3n) is 4.95. The number of phenolic OH excluding ortho intramolecular Hbond substituents is 1. The van der Waals surface area contributed by atoms with Gasteiger partial charge in [-0.15, -0.1) is 0 Å². The normalized spacial score (nSPS) is 17.4. The molecule has 0 saturated heterocycles. The number of pyridine rings is 1. The molecular formula is C23H26BNO3. The molecule has 5 heteroatoms. The molecule has 3 rings (SSSR count). The van der Waals surface area contributed by atoms with E-state index in [2.05, 4.69) is 30.6 Å². The molecule has 1 aliphatic rings. The Kier molecular flexibility index (Phi) is 6.85. The molecule has 0 saturated carbocycles. The Hall–Kier alpha value is -2.63. The van der Waals surface area contributed by atoms with Crippen LogP contribution in [0.2, 0.25) is 6.32 Å². The molecule has 2 N–H and O–H groups in total. The first-order valence-corrected chi connectivity index (χ1v) is 9.69. The monoisotopic (exact) mass is 375 g/mol. The quantitative estimate of drug-likeness (QED) is 0.677. The predicted octanol–water partition coefficient (Wildman–Crippen LogP) is 4.88. The van der Waals surface area contributed by atoms with E-state index in [4.69, 9.17) is 4.65 Å². The maximum absolute atomic E-state index is 9.95. The molecule has 2 aromatic rings. The van der Waals surface area contributed by atoms with Crippen molar-refractivity contribution in [1.29, 1.82) is 0 Å². The van der Waals surface area contributed by atoms with E-state index in [1.165, 1.54) is 0 Å². The zero-order valence-electron chi connectivity index (χ0n) is 16.2. The van der Waals surface area contributed by atoms with Crippen molar-refractivity contribution in [2.24, 2.45) is 0 Å². The van der Waals surface area contributed by atoms with Crippen molar-refractivity contribution in [2.75, 3.05) is 0 Å². The second-order valence-corrected chi connectivity index (χ2v) is 6.95. The van der Waals surface area contributed by atoms with Gasteiger partial charge in [0.2, 0.25) is 0 Å². The number of nitrogens with zero attached hydrogens (tertiary/aromatic N) is 1. The van der Waals surface area contributed by atoms with Gasteiger partial charge in [0, 0.05) is 12.5 Å². The third-order valence-corrected chi connectivity index (χ3v) is 4.95. The zero-order chi connectivity index (χ0) is 19.9. The van der Waals surface area contributed by atoms with Gasteiger partial charge in [-0.2, -0.15) is 0 Å². The standard InChI is InChI=1S/C23H26BNO3/c1-3-17(2)21-13-14-24(27)28-23(21)12-9-19(22-6-4-5-15-25-22)16-18-7-10-20(26)11-8-18/h4-8,10-11,13,15-16,23,26-27H,2-3,9,12,14H2,1H3/b19-16-. The summed E-state index contributed by atoms with van der Waals surface area (Å²) in [4.78, 5) is 4.50. The SMILES string of the molecule is C=C(CC)C1=CCB(O)OC1CC/C(=C/c1ccc(O)cc1)c1ccccn1. The van der Waals surface area contributed by atoms with Crippen LogP contribution in [0.25, 0.3) is 11.6 Å². The van der Waals surface area contributed by atoms with Crippen LogP contribution in [0.15, 0.2) is 72.5 Å². The number of benzene rings is 1. The van der Waals surface area contributed by atoms with Crippen LogP contribution < -0.4 is 0 Å². The van der Waals surface area contributed by atoms with Gasteiger partial charge < -0.3 is 14.8 Å². The first-order chi connectivity index (χ1) is 13.6. The second kappa shape index (κ2) is 9.53. The van der Waals surface area contributed by atoms with Crippen LogP contribution in [-0.2, 0) is 4.65 Å². The molecule has 0 radical (unpaired) electrons. The third kappa shape index (κ3) is 5.21. The zero-order valence-corrected chi connectivity index (χ0v) is 16.2. The average molecular weight is 375 g/mol. The highest BCUT2D eigenvalue weighted by atomic mass is 16.5. The van der Waals surface area contributed by atoms with E-state index in [-0.39, 0.29) is 11.9 Å². The molecule has 0 fully saturated rings. The molecule has 1 atom stereocenters. The lowest BCUT2D eigenvalue weighted by atomic mass is 9.77. The highest BCUT2D eigenvalue weighted by Gasteiger charge is 2.28. The summed E-state index contributed by atoms with van der Waals surface area (Å²) in [6.45, 7) is 6.23. The number of aromatic nitrogens is 1. The highest BCUT2D eigenvalue weighted by molar-refractivity contribution is 6.43. The lowest BCUT2D eigenvalue weighted by Gasteiger charge is -2.28. The fourth-order valence-corrected chi connectivity index (χ4v) is 3.36. The van der Waals surface area contributed by atoms with Gasteiger partial charge in [-0.05, 0) is 66.3 Å². The van der Waals surface area contributed by atoms with Crippen LogP contribution in [0.1, 0.15) is 37.4 Å². The van der Waals surface area contributed by atoms with Gasteiger partial charge >= 0.3 is 7.12 Å². The van der Waals surface area contributed by atoms with Crippen LogP contribution in [-0.4, -0.2) is 28.3 Å². The first-order valence-electron chi connectivity index (χ1n) is 9.69. The van der Waals surface area contributed by atoms with Crippen molar-refractivity contribution in [2.45, 2.75) is 38.6 Å². The van der Waals surface area contributed by atoms with Crippen LogP contribution in [0.5, 0.6) is 5.75 Å². The van der Waals surface area contributed by atoms with Crippen molar-refractivity contribution in [3.63, 3.8) is 0 Å². The Labute approximate surface area is 167 Å². The molecule has 28 heavy (non-hydrogen) atoms. The molecular weight excluding hydrogens is 349 g/mol.